The van der Waals surface area contributed by atoms with E-state index < -0.39 is 59.3 Å². The van der Waals surface area contributed by atoms with E-state index in [1.165, 1.54) is 23.2 Å². The van der Waals surface area contributed by atoms with Crippen LogP contribution in [-0.2, 0) is 23.9 Å². The van der Waals surface area contributed by atoms with Crippen molar-refractivity contribution < 1.29 is 46.6 Å². The van der Waals surface area contributed by atoms with Gasteiger partial charge in [-0.25, -0.2) is 14.8 Å². The van der Waals surface area contributed by atoms with E-state index >= 15 is 0 Å². The number of esters is 1. The molecule has 15 heteroatoms. The standard InChI is InChI=1S/C39H45F3N4O7S/c1-7-52-37(50)38-19-23(38)12-10-8-9-11-15-45(5)34(47)26-16-24(17-27(26)35(48)46(38)36(49)39(40,41)42)53-31-18-28(33-44-29(20-54-33)21(2)3)43-32-22(4)30(51-6)14-13-25(31)32/h10,12-14,18,20-21,23-24,26-27H,7-9,11,15-17,19H2,1-6H3/b12-10-/t23-,24+,26-,27-,38-/m1/s1. The molecule has 0 saturated heterocycles. The van der Waals surface area contributed by atoms with Gasteiger partial charge in [0.1, 0.15) is 28.3 Å². The number of fused-ring (bicyclic) bond motifs is 3. The first kappa shape index (κ1) is 39.2. The average molecular weight is 771 g/mol. The molecule has 54 heavy (non-hydrogen) atoms. The van der Waals surface area contributed by atoms with E-state index in [0.29, 0.717) is 58.9 Å². The number of allylic oxidation sites excluding steroid dienone is 1. The number of thiazole rings is 1. The van der Waals surface area contributed by atoms with Gasteiger partial charge in [-0.2, -0.15) is 13.2 Å². The van der Waals surface area contributed by atoms with Crippen molar-refractivity contribution in [3.05, 3.63) is 47.0 Å². The molecule has 3 aliphatic rings. The number of carbonyl (C=O) groups is 4. The van der Waals surface area contributed by atoms with Gasteiger partial charge >= 0.3 is 18.1 Å². The molecular weight excluding hydrogens is 726 g/mol. The van der Waals surface area contributed by atoms with Gasteiger partial charge in [0.05, 0.1) is 36.8 Å². The lowest BCUT2D eigenvalue weighted by Crippen LogP contribution is -2.58. The first-order valence-electron chi connectivity index (χ1n) is 18.3. The van der Waals surface area contributed by atoms with Gasteiger partial charge in [-0.05, 0) is 70.4 Å². The summed E-state index contributed by atoms with van der Waals surface area (Å²) in [5, 5.41) is 3.23. The number of nitrogens with zero attached hydrogens (tertiary/aromatic N) is 4. The van der Waals surface area contributed by atoms with Crippen LogP contribution >= 0.6 is 11.3 Å². The van der Waals surface area contributed by atoms with E-state index in [0.717, 1.165) is 11.3 Å². The van der Waals surface area contributed by atoms with Crippen molar-refractivity contribution in [1.82, 2.24) is 19.8 Å². The summed E-state index contributed by atoms with van der Waals surface area (Å²) in [4.78, 5) is 66.7. The number of hydrogen-bond donors (Lipinski definition) is 0. The predicted molar refractivity (Wildman–Crippen MR) is 195 cm³/mol. The second-order valence-corrected chi connectivity index (χ2v) is 15.4. The molecule has 5 atom stereocenters. The number of halogens is 3. The second kappa shape index (κ2) is 15.3. The molecule has 6 rings (SSSR count). The molecule has 3 aromatic rings. The molecule has 1 aliphatic heterocycles. The maximum absolute atomic E-state index is 14.6. The minimum atomic E-state index is -5.49. The van der Waals surface area contributed by atoms with E-state index in [4.69, 9.17) is 24.2 Å². The Bertz CT molecular complexity index is 1980. The largest absolute Gasteiger partial charge is 0.496 e. The molecule has 1 aromatic carbocycles. The van der Waals surface area contributed by atoms with Crippen LogP contribution in [0.25, 0.3) is 21.6 Å². The summed E-state index contributed by atoms with van der Waals surface area (Å²) >= 11 is 1.43. The highest BCUT2D eigenvalue weighted by molar-refractivity contribution is 7.13. The van der Waals surface area contributed by atoms with E-state index in [1.807, 2.05) is 26.2 Å². The summed E-state index contributed by atoms with van der Waals surface area (Å²) in [5.74, 6) is -7.50. The van der Waals surface area contributed by atoms with Crippen LogP contribution in [0.3, 0.4) is 0 Å². The number of amides is 3. The van der Waals surface area contributed by atoms with Gasteiger partial charge in [0.2, 0.25) is 11.8 Å². The number of rotatable bonds is 7. The van der Waals surface area contributed by atoms with Crippen LogP contribution in [0.4, 0.5) is 13.2 Å². The van der Waals surface area contributed by atoms with E-state index in [2.05, 4.69) is 0 Å². The third kappa shape index (κ3) is 7.30. The van der Waals surface area contributed by atoms with Crippen molar-refractivity contribution in [2.45, 2.75) is 90.0 Å². The zero-order chi connectivity index (χ0) is 39.1. The van der Waals surface area contributed by atoms with Gasteiger partial charge in [0.25, 0.3) is 0 Å². The Morgan fingerprint density at radius 2 is 1.80 bits per heavy atom. The molecule has 290 valence electrons. The highest BCUT2D eigenvalue weighted by atomic mass is 32.1. The SMILES string of the molecule is CCOC(=O)[C@@]12C[C@H]1/C=C\CCCCN(C)C(=O)[C@@H]1C[C@H](Oc3cc(-c4nc(C(C)C)cs4)nc4c(C)c(OC)ccc34)C[C@H]1C(=O)N2C(=O)C(F)(F)F. The van der Waals surface area contributed by atoms with E-state index in [1.54, 1.807) is 44.5 Å². The number of aryl methyl sites for hydroxylation is 1. The molecule has 3 amide bonds. The maximum atomic E-state index is 14.6. The number of ether oxygens (including phenoxy) is 3. The molecule has 3 heterocycles. The Kier molecular flexibility index (Phi) is 11.1. The highest BCUT2D eigenvalue weighted by Gasteiger charge is 2.70. The van der Waals surface area contributed by atoms with Crippen molar-refractivity contribution in [3.8, 4) is 22.2 Å². The summed E-state index contributed by atoms with van der Waals surface area (Å²) in [5.41, 5.74) is 0.561. The Hall–Kier alpha value is -4.53. The quantitative estimate of drug-likeness (QED) is 0.184. The molecule has 0 unspecified atom stereocenters. The predicted octanol–water partition coefficient (Wildman–Crippen LogP) is 7.01. The zero-order valence-electron chi connectivity index (χ0n) is 31.2. The highest BCUT2D eigenvalue weighted by Crippen LogP contribution is 2.53. The number of methoxy groups -OCH3 is 1. The normalized spacial score (nSPS) is 25.6. The molecule has 0 bridgehead atoms. The van der Waals surface area contributed by atoms with Crippen molar-refractivity contribution in [3.63, 3.8) is 0 Å². The third-order valence-electron chi connectivity index (χ3n) is 10.7. The van der Waals surface area contributed by atoms with E-state index in [-0.39, 0.29) is 36.7 Å². The topological polar surface area (TPSA) is 128 Å². The van der Waals surface area contributed by atoms with Gasteiger partial charge in [-0.15, -0.1) is 11.3 Å². The van der Waals surface area contributed by atoms with Crippen molar-refractivity contribution in [2.24, 2.45) is 17.8 Å². The van der Waals surface area contributed by atoms with Gasteiger partial charge in [-0.3, -0.25) is 19.3 Å². The Labute approximate surface area is 315 Å². The van der Waals surface area contributed by atoms with Gasteiger partial charge in [0.15, 0.2) is 5.54 Å². The summed E-state index contributed by atoms with van der Waals surface area (Å²) in [6, 6.07) is 5.30. The van der Waals surface area contributed by atoms with Crippen molar-refractivity contribution in [1.29, 1.82) is 0 Å². The molecule has 2 aliphatic carbocycles. The first-order valence-corrected chi connectivity index (χ1v) is 19.1. The monoisotopic (exact) mass is 770 g/mol. The number of hydrogen-bond acceptors (Lipinski definition) is 10. The Balaban J connectivity index is 1.44. The number of benzene rings is 1. The molecule has 0 N–H and O–H groups in total. The van der Waals surface area contributed by atoms with Crippen LogP contribution in [0.15, 0.2) is 35.7 Å². The minimum Gasteiger partial charge on any atom is -0.496 e. The van der Waals surface area contributed by atoms with Crippen LogP contribution in [-0.4, -0.2) is 88.6 Å². The smallest absolute Gasteiger partial charge is 0.471 e. The summed E-state index contributed by atoms with van der Waals surface area (Å²) in [7, 11) is 3.15. The fourth-order valence-electron chi connectivity index (χ4n) is 7.67. The minimum absolute atomic E-state index is 0.0214. The molecule has 2 saturated carbocycles. The van der Waals surface area contributed by atoms with Crippen LogP contribution in [0.1, 0.15) is 76.5 Å². The number of pyridine rings is 1. The fourth-order valence-corrected chi connectivity index (χ4v) is 8.61. The summed E-state index contributed by atoms with van der Waals surface area (Å²) < 4.78 is 60.5. The van der Waals surface area contributed by atoms with Crippen LogP contribution in [0, 0.1) is 24.7 Å². The van der Waals surface area contributed by atoms with Crippen LogP contribution < -0.4 is 9.47 Å². The van der Waals surface area contributed by atoms with Crippen molar-refractivity contribution in [2.75, 3.05) is 27.3 Å². The van der Waals surface area contributed by atoms with Crippen LogP contribution in [0.5, 0.6) is 11.5 Å². The van der Waals surface area contributed by atoms with Crippen LogP contribution in [0.2, 0.25) is 0 Å². The second-order valence-electron chi connectivity index (χ2n) is 14.6. The fraction of sp³-hybridized carbons (Fsp3) is 0.538. The lowest BCUT2D eigenvalue weighted by molar-refractivity contribution is -0.195. The molecule has 2 fully saturated rings. The third-order valence-corrected chi connectivity index (χ3v) is 11.6. The molecule has 0 spiro atoms. The molecule has 0 radical (unpaired) electrons. The maximum Gasteiger partial charge on any atom is 0.471 e. The van der Waals surface area contributed by atoms with Gasteiger partial charge in [-0.1, -0.05) is 26.0 Å². The van der Waals surface area contributed by atoms with Crippen molar-refractivity contribution >= 4 is 45.9 Å². The Morgan fingerprint density at radius 1 is 1.07 bits per heavy atom. The van der Waals surface area contributed by atoms with Gasteiger partial charge in [0, 0.05) is 41.9 Å². The number of carbonyl (C=O) groups excluding carboxylic acids is 4. The first-order chi connectivity index (χ1) is 25.6. The number of alkyl halides is 3. The lowest BCUT2D eigenvalue weighted by Gasteiger charge is -2.34. The lowest BCUT2D eigenvalue weighted by atomic mass is 9.91. The van der Waals surface area contributed by atoms with E-state index in [9.17, 15) is 32.3 Å². The number of aromatic nitrogens is 2. The zero-order valence-corrected chi connectivity index (χ0v) is 32.0. The molecule has 11 nitrogen and oxygen atoms in total. The molecular formula is C39H45F3N4O7S. The number of imide groups is 1. The average Bonchev–Trinajstić information content (AvgIpc) is 3.42. The Morgan fingerprint density at radius 3 is 2.44 bits per heavy atom. The molecule has 2 aromatic heterocycles. The van der Waals surface area contributed by atoms with Gasteiger partial charge < -0.3 is 19.1 Å². The summed E-state index contributed by atoms with van der Waals surface area (Å²) in [6.07, 6.45) is -1.56. The summed E-state index contributed by atoms with van der Waals surface area (Å²) in [6.45, 7) is 7.63.